The van der Waals surface area contributed by atoms with Gasteiger partial charge in [-0.1, -0.05) is 130 Å². The molecule has 64 heavy (non-hydrogen) atoms. The van der Waals surface area contributed by atoms with E-state index in [9.17, 15) is 0 Å². The van der Waals surface area contributed by atoms with Crippen LogP contribution >= 0.6 is 22.7 Å². The summed E-state index contributed by atoms with van der Waals surface area (Å²) in [5.41, 5.74) is 13.4. The fourth-order valence-corrected chi connectivity index (χ4v) is 12.5. The highest BCUT2D eigenvalue weighted by atomic mass is 32.1. The van der Waals surface area contributed by atoms with Gasteiger partial charge < -0.3 is 9.80 Å². The first kappa shape index (κ1) is 38.9. The number of aryl methyl sites for hydroxylation is 4. The summed E-state index contributed by atoms with van der Waals surface area (Å²) in [6.45, 7) is 15.9. The lowest BCUT2D eigenvalue weighted by Crippen LogP contribution is -2.15. The summed E-state index contributed by atoms with van der Waals surface area (Å²) in [7, 11) is 0. The standard InChI is InChI=1S/C60H48N2S2/c1-35-22-26-42(30-37(35)3)61(50-18-12-16-46-44-14-8-10-20-54(44)63-58(46)50)52-34-53(49-29-25-40-33-41(60(5,6)7)32-39-24-28-48(52)57(49)56(39)40)62(43-27-23-36(2)38(4)31-43)51-19-13-17-47-45-15-9-11-21-55(45)64-59(47)51/h8-34H,1-7H3. The topological polar surface area (TPSA) is 6.48 Å². The maximum atomic E-state index is 2.57. The van der Waals surface area contributed by atoms with Crippen molar-refractivity contribution < 1.29 is 0 Å². The molecule has 310 valence electrons. The molecule has 0 unspecified atom stereocenters. The lowest BCUT2D eigenvalue weighted by molar-refractivity contribution is 0.591. The quantitative estimate of drug-likeness (QED) is 0.154. The summed E-state index contributed by atoms with van der Waals surface area (Å²) in [6, 6.07) is 62.4. The summed E-state index contributed by atoms with van der Waals surface area (Å²) in [5.74, 6) is 0. The fraction of sp³-hybridized carbons (Fsp3) is 0.133. The summed E-state index contributed by atoms with van der Waals surface area (Å²) >= 11 is 3.78. The Morgan fingerprint density at radius 3 is 1.27 bits per heavy atom. The molecule has 0 saturated carbocycles. The maximum Gasteiger partial charge on any atom is 0.0640 e. The Bertz CT molecular complexity index is 3600. The third-order valence-corrected chi connectivity index (χ3v) is 16.2. The zero-order chi connectivity index (χ0) is 43.6. The van der Waals surface area contributed by atoms with Crippen molar-refractivity contribution in [1.82, 2.24) is 0 Å². The van der Waals surface area contributed by atoms with Crippen LogP contribution in [0.1, 0.15) is 48.6 Å². The number of hydrogen-bond donors (Lipinski definition) is 0. The van der Waals surface area contributed by atoms with E-state index in [2.05, 4.69) is 222 Å². The van der Waals surface area contributed by atoms with Gasteiger partial charge in [0.05, 0.1) is 32.1 Å². The largest absolute Gasteiger partial charge is 0.308 e. The van der Waals surface area contributed by atoms with E-state index in [1.165, 1.54) is 112 Å². The van der Waals surface area contributed by atoms with Crippen molar-refractivity contribution in [3.8, 4) is 0 Å². The van der Waals surface area contributed by atoms with Crippen LogP contribution in [0.4, 0.5) is 34.1 Å². The first-order chi connectivity index (χ1) is 31.0. The predicted octanol–water partition coefficient (Wildman–Crippen LogP) is 18.8. The highest BCUT2D eigenvalue weighted by Gasteiger charge is 2.28. The third-order valence-electron chi connectivity index (χ3n) is 13.8. The number of benzene rings is 10. The van der Waals surface area contributed by atoms with Gasteiger partial charge >= 0.3 is 0 Å². The molecule has 0 N–H and O–H groups in total. The van der Waals surface area contributed by atoms with Crippen LogP contribution in [0.2, 0.25) is 0 Å². The first-order valence-corrected chi connectivity index (χ1v) is 24.0. The van der Waals surface area contributed by atoms with Gasteiger partial charge in [0.2, 0.25) is 0 Å². The van der Waals surface area contributed by atoms with Crippen molar-refractivity contribution in [2.75, 3.05) is 9.80 Å². The van der Waals surface area contributed by atoms with Crippen LogP contribution in [0.25, 0.3) is 72.7 Å². The van der Waals surface area contributed by atoms with Gasteiger partial charge in [0, 0.05) is 58.5 Å². The lowest BCUT2D eigenvalue weighted by Gasteiger charge is -2.33. The zero-order valence-electron chi connectivity index (χ0n) is 37.3. The average molecular weight is 861 g/mol. The van der Waals surface area contributed by atoms with Gasteiger partial charge in [-0.2, -0.15) is 0 Å². The van der Waals surface area contributed by atoms with Gasteiger partial charge in [-0.25, -0.2) is 0 Å². The van der Waals surface area contributed by atoms with E-state index in [0.29, 0.717) is 0 Å². The first-order valence-electron chi connectivity index (χ1n) is 22.3. The number of thiophene rings is 2. The average Bonchev–Trinajstić information content (AvgIpc) is 3.88. The third kappa shape index (κ3) is 5.96. The van der Waals surface area contributed by atoms with E-state index < -0.39 is 0 Å². The monoisotopic (exact) mass is 860 g/mol. The Kier molecular flexibility index (Phi) is 8.76. The molecule has 0 fully saturated rings. The second-order valence-corrected chi connectivity index (χ2v) is 20.9. The smallest absolute Gasteiger partial charge is 0.0640 e. The fourth-order valence-electron chi connectivity index (χ4n) is 10.0. The highest BCUT2D eigenvalue weighted by Crippen LogP contribution is 2.54. The Labute approximate surface area is 382 Å². The molecule has 4 heteroatoms. The van der Waals surface area contributed by atoms with Gasteiger partial charge in [-0.05, 0) is 132 Å². The van der Waals surface area contributed by atoms with Crippen LogP contribution < -0.4 is 9.80 Å². The number of anilines is 6. The van der Waals surface area contributed by atoms with Crippen LogP contribution in [0.15, 0.2) is 164 Å². The van der Waals surface area contributed by atoms with Crippen molar-refractivity contribution in [3.63, 3.8) is 0 Å². The molecule has 0 aliphatic rings. The highest BCUT2D eigenvalue weighted by molar-refractivity contribution is 7.26. The number of nitrogens with zero attached hydrogens (tertiary/aromatic N) is 2. The molecule has 0 saturated heterocycles. The molecule has 2 heterocycles. The van der Waals surface area contributed by atoms with Crippen molar-refractivity contribution >= 4 is 129 Å². The van der Waals surface area contributed by atoms with Crippen LogP contribution in [0.3, 0.4) is 0 Å². The van der Waals surface area contributed by atoms with E-state index in [-0.39, 0.29) is 5.41 Å². The van der Waals surface area contributed by atoms with Crippen LogP contribution in [-0.4, -0.2) is 0 Å². The molecule has 0 bridgehead atoms. The molecule has 0 spiro atoms. The SMILES string of the molecule is Cc1ccc(N(c2cc(N(c3ccc(C)c(C)c3)c3cccc4c3sc3ccccc34)c3ccc4cc(C(C)(C)C)cc5ccc2c3c54)c2cccc3c2sc2ccccc23)cc1C. The molecule has 0 radical (unpaired) electrons. The van der Waals surface area contributed by atoms with E-state index in [1.54, 1.807) is 0 Å². The molecule has 0 aliphatic heterocycles. The van der Waals surface area contributed by atoms with Crippen LogP contribution in [-0.2, 0) is 5.41 Å². The van der Waals surface area contributed by atoms with E-state index in [4.69, 9.17) is 0 Å². The number of hydrogen-bond acceptors (Lipinski definition) is 4. The summed E-state index contributed by atoms with van der Waals surface area (Å²) in [4.78, 5) is 5.14. The molecular formula is C60H48N2S2. The number of rotatable bonds is 6. The van der Waals surface area contributed by atoms with E-state index in [0.717, 1.165) is 22.7 Å². The van der Waals surface area contributed by atoms with Crippen LogP contribution in [0.5, 0.6) is 0 Å². The normalized spacial score (nSPS) is 12.3. The molecule has 12 aromatic rings. The minimum absolute atomic E-state index is 0.00678. The molecule has 10 aromatic carbocycles. The summed E-state index contributed by atoms with van der Waals surface area (Å²) in [5, 5.41) is 12.8. The maximum absolute atomic E-state index is 2.57. The van der Waals surface area contributed by atoms with Gasteiger partial charge in [0.25, 0.3) is 0 Å². The van der Waals surface area contributed by atoms with Gasteiger partial charge in [-0.3, -0.25) is 0 Å². The summed E-state index contributed by atoms with van der Waals surface area (Å²) < 4.78 is 5.16. The molecule has 0 amide bonds. The zero-order valence-corrected chi connectivity index (χ0v) is 38.9. The van der Waals surface area contributed by atoms with Gasteiger partial charge in [0.1, 0.15) is 0 Å². The minimum atomic E-state index is 0.00678. The van der Waals surface area contributed by atoms with Gasteiger partial charge in [0.15, 0.2) is 0 Å². The molecule has 0 atom stereocenters. The van der Waals surface area contributed by atoms with Gasteiger partial charge in [-0.15, -0.1) is 22.7 Å². The molecule has 2 aromatic heterocycles. The Morgan fingerprint density at radius 1 is 0.359 bits per heavy atom. The van der Waals surface area contributed by atoms with Crippen molar-refractivity contribution in [2.24, 2.45) is 0 Å². The Hall–Kier alpha value is -6.72. The molecule has 12 rings (SSSR count). The molecule has 2 nitrogen and oxygen atoms in total. The van der Waals surface area contributed by atoms with Crippen LogP contribution in [0, 0.1) is 27.7 Å². The van der Waals surface area contributed by atoms with Crippen molar-refractivity contribution in [2.45, 2.75) is 53.9 Å². The molecular weight excluding hydrogens is 813 g/mol. The predicted molar refractivity (Wildman–Crippen MR) is 283 cm³/mol. The Balaban J connectivity index is 1.26. The second-order valence-electron chi connectivity index (χ2n) is 18.8. The number of fused-ring (bicyclic) bond motifs is 6. The van der Waals surface area contributed by atoms with E-state index in [1.807, 2.05) is 22.7 Å². The lowest BCUT2D eigenvalue weighted by atomic mass is 9.83. The van der Waals surface area contributed by atoms with Crippen molar-refractivity contribution in [3.05, 3.63) is 192 Å². The molecule has 0 aliphatic carbocycles. The Morgan fingerprint density at radius 2 is 0.812 bits per heavy atom. The summed E-state index contributed by atoms with van der Waals surface area (Å²) in [6.07, 6.45) is 0. The second kappa shape index (κ2) is 14.4. The minimum Gasteiger partial charge on any atom is -0.308 e. The van der Waals surface area contributed by atoms with E-state index >= 15 is 0 Å². The van der Waals surface area contributed by atoms with Crippen molar-refractivity contribution in [1.29, 1.82) is 0 Å².